The van der Waals surface area contributed by atoms with Crippen molar-refractivity contribution in [1.82, 2.24) is 9.80 Å². The molecule has 2 atom stereocenters. The van der Waals surface area contributed by atoms with Crippen LogP contribution in [0.5, 0.6) is 0 Å². The standard InChI is InChI=1S/C42H34F2N4O10/c43-29-9-1-25(2-10-29)35(49)23-57-41(55)27-5-13-31(14-6-27)47-37(51)21-33(39(47)53)45-17-19-46(20-18-45)34-22-38(52)48(40(34)54)32-15-7-28(8-16-32)42(56)58-24-36(50)26-3-11-30(44)12-4-26/h1-16,33-34H,17-24H2. The molecule has 3 saturated heterocycles. The fourth-order valence-corrected chi connectivity index (χ4v) is 7.07. The molecule has 4 aromatic carbocycles. The van der Waals surface area contributed by atoms with Crippen LogP contribution in [0.25, 0.3) is 0 Å². The molecule has 16 heteroatoms. The Morgan fingerprint density at radius 3 is 1.12 bits per heavy atom. The lowest BCUT2D eigenvalue weighted by Crippen LogP contribution is -2.56. The minimum Gasteiger partial charge on any atom is -0.454 e. The number of rotatable bonds is 12. The number of esters is 2. The average molecular weight is 793 g/mol. The summed E-state index contributed by atoms with van der Waals surface area (Å²) in [5.74, 6) is -5.38. The largest absolute Gasteiger partial charge is 0.454 e. The molecule has 0 radical (unpaired) electrons. The van der Waals surface area contributed by atoms with Crippen molar-refractivity contribution in [1.29, 1.82) is 0 Å². The van der Waals surface area contributed by atoms with Crippen LogP contribution in [0.2, 0.25) is 0 Å². The lowest BCUT2D eigenvalue weighted by molar-refractivity contribution is -0.126. The Balaban J connectivity index is 0.891. The molecule has 0 aromatic heterocycles. The number of imide groups is 2. The molecule has 3 fully saturated rings. The van der Waals surface area contributed by atoms with Crippen molar-refractivity contribution in [2.75, 3.05) is 49.2 Å². The Labute approximate surface area is 329 Å². The lowest BCUT2D eigenvalue weighted by atomic mass is 10.1. The first-order chi connectivity index (χ1) is 27.9. The number of halogens is 2. The van der Waals surface area contributed by atoms with E-state index in [0.717, 1.165) is 34.1 Å². The number of hydrogen-bond acceptors (Lipinski definition) is 12. The number of hydrogen-bond donors (Lipinski definition) is 0. The Bertz CT molecular complexity index is 2130. The van der Waals surface area contributed by atoms with Gasteiger partial charge in [-0.1, -0.05) is 0 Å². The van der Waals surface area contributed by atoms with Gasteiger partial charge in [0.2, 0.25) is 11.8 Å². The Morgan fingerprint density at radius 1 is 0.483 bits per heavy atom. The molecular formula is C42H34F2N4O10. The van der Waals surface area contributed by atoms with Crippen LogP contribution in [-0.4, -0.2) is 108 Å². The van der Waals surface area contributed by atoms with E-state index in [2.05, 4.69) is 0 Å². The normalized spacial score (nSPS) is 18.8. The maximum atomic E-state index is 13.5. The number of anilines is 2. The molecule has 2 unspecified atom stereocenters. The molecule has 14 nitrogen and oxygen atoms in total. The van der Waals surface area contributed by atoms with E-state index in [9.17, 15) is 47.1 Å². The number of ether oxygens (including phenoxy) is 2. The van der Waals surface area contributed by atoms with Crippen LogP contribution in [0.3, 0.4) is 0 Å². The average Bonchev–Trinajstić information content (AvgIpc) is 3.71. The SMILES string of the molecule is O=C(COC(=O)c1ccc(N2C(=O)CC(N3CCN(C4CC(=O)N(c5ccc(C(=O)OCC(=O)c6ccc(F)cc6)cc5)C4=O)CC3)C2=O)cc1)c1ccc(F)cc1. The number of carbonyl (C=O) groups is 8. The van der Waals surface area contributed by atoms with Gasteiger partial charge in [0, 0.05) is 37.3 Å². The summed E-state index contributed by atoms with van der Waals surface area (Å²) in [6.07, 6.45) is -0.145. The van der Waals surface area contributed by atoms with Crippen LogP contribution in [0, 0.1) is 11.6 Å². The fraction of sp³-hybridized carbons (Fsp3) is 0.238. The van der Waals surface area contributed by atoms with Gasteiger partial charge in [0.05, 0.1) is 47.4 Å². The van der Waals surface area contributed by atoms with Crippen LogP contribution in [0.1, 0.15) is 54.3 Å². The predicted octanol–water partition coefficient (Wildman–Crippen LogP) is 3.63. The summed E-state index contributed by atoms with van der Waals surface area (Å²) in [6.45, 7) is 0.260. The van der Waals surface area contributed by atoms with Gasteiger partial charge in [0.25, 0.3) is 11.8 Å². The summed E-state index contributed by atoms with van der Waals surface area (Å²) < 4.78 is 36.5. The van der Waals surface area contributed by atoms with E-state index in [4.69, 9.17) is 9.47 Å². The Kier molecular flexibility index (Phi) is 11.4. The van der Waals surface area contributed by atoms with Crippen molar-refractivity contribution in [2.24, 2.45) is 0 Å². The molecule has 7 rings (SSSR count). The van der Waals surface area contributed by atoms with Crippen molar-refractivity contribution < 1.29 is 56.6 Å². The van der Waals surface area contributed by atoms with E-state index < -0.39 is 84.1 Å². The van der Waals surface area contributed by atoms with Crippen molar-refractivity contribution in [3.05, 3.63) is 131 Å². The molecule has 4 amide bonds. The summed E-state index contributed by atoms with van der Waals surface area (Å²) in [5.41, 5.74) is 1.06. The third-order valence-corrected chi connectivity index (χ3v) is 10.2. The summed E-state index contributed by atoms with van der Waals surface area (Å²) in [5, 5.41) is 0. The molecule has 296 valence electrons. The quantitative estimate of drug-likeness (QED) is 0.116. The number of ketones is 2. The van der Waals surface area contributed by atoms with Crippen LogP contribution in [-0.2, 0) is 28.7 Å². The highest BCUT2D eigenvalue weighted by atomic mass is 19.1. The van der Waals surface area contributed by atoms with Crippen molar-refractivity contribution in [3.8, 4) is 0 Å². The zero-order chi connectivity index (χ0) is 41.1. The third-order valence-electron chi connectivity index (χ3n) is 10.2. The lowest BCUT2D eigenvalue weighted by Gasteiger charge is -2.38. The summed E-state index contributed by atoms with van der Waals surface area (Å²) in [6, 6.07) is 19.4. The Morgan fingerprint density at radius 2 is 0.793 bits per heavy atom. The van der Waals surface area contributed by atoms with Crippen LogP contribution in [0.15, 0.2) is 97.1 Å². The van der Waals surface area contributed by atoms with Gasteiger partial charge in [-0.15, -0.1) is 0 Å². The monoisotopic (exact) mass is 792 g/mol. The van der Waals surface area contributed by atoms with Crippen LogP contribution in [0.4, 0.5) is 20.2 Å². The van der Waals surface area contributed by atoms with E-state index >= 15 is 0 Å². The van der Waals surface area contributed by atoms with Gasteiger partial charge in [0.15, 0.2) is 24.8 Å². The van der Waals surface area contributed by atoms with E-state index in [0.29, 0.717) is 26.2 Å². The van der Waals surface area contributed by atoms with Crippen molar-refractivity contribution >= 4 is 58.5 Å². The van der Waals surface area contributed by atoms with Crippen molar-refractivity contribution in [2.45, 2.75) is 24.9 Å². The highest BCUT2D eigenvalue weighted by molar-refractivity contribution is 6.23. The number of Topliss-reactive ketones (excluding diaryl/α,β-unsaturated/α-hetero) is 2. The molecule has 0 spiro atoms. The number of benzene rings is 4. The number of amides is 4. The minimum atomic E-state index is -0.797. The van der Waals surface area contributed by atoms with E-state index in [1.165, 1.54) is 72.8 Å². The minimum absolute atomic E-state index is 0.0726. The Hall–Kier alpha value is -6.78. The number of carbonyl (C=O) groups excluding carboxylic acids is 8. The highest BCUT2D eigenvalue weighted by Gasteiger charge is 2.47. The second-order valence-electron chi connectivity index (χ2n) is 13.8. The summed E-state index contributed by atoms with van der Waals surface area (Å²) in [4.78, 5) is 109. The zero-order valence-electron chi connectivity index (χ0n) is 30.7. The predicted molar refractivity (Wildman–Crippen MR) is 200 cm³/mol. The maximum absolute atomic E-state index is 13.5. The van der Waals surface area contributed by atoms with Gasteiger partial charge in [-0.2, -0.15) is 0 Å². The molecule has 3 aliphatic rings. The molecular weight excluding hydrogens is 758 g/mol. The van der Waals surface area contributed by atoms with Crippen molar-refractivity contribution in [3.63, 3.8) is 0 Å². The molecule has 0 aliphatic carbocycles. The number of nitrogens with zero attached hydrogens (tertiary/aromatic N) is 4. The second kappa shape index (κ2) is 16.8. The van der Waals surface area contributed by atoms with E-state index in [-0.39, 0.29) is 46.5 Å². The molecule has 4 aromatic rings. The smallest absolute Gasteiger partial charge is 0.338 e. The zero-order valence-corrected chi connectivity index (χ0v) is 30.7. The van der Waals surface area contributed by atoms with Crippen LogP contribution < -0.4 is 9.80 Å². The van der Waals surface area contributed by atoms with Crippen LogP contribution >= 0.6 is 0 Å². The fourth-order valence-electron chi connectivity index (χ4n) is 7.07. The maximum Gasteiger partial charge on any atom is 0.338 e. The second-order valence-corrected chi connectivity index (χ2v) is 13.8. The molecule has 0 N–H and O–H groups in total. The first kappa shape index (κ1) is 39.5. The first-order valence-corrected chi connectivity index (χ1v) is 18.2. The molecule has 3 heterocycles. The van der Waals surface area contributed by atoms with Gasteiger partial charge < -0.3 is 9.47 Å². The third kappa shape index (κ3) is 8.33. The van der Waals surface area contributed by atoms with E-state index in [1.807, 2.05) is 9.80 Å². The molecule has 0 bridgehead atoms. The molecule has 58 heavy (non-hydrogen) atoms. The van der Waals surface area contributed by atoms with Gasteiger partial charge in [-0.3, -0.25) is 38.6 Å². The number of piperazine rings is 1. The first-order valence-electron chi connectivity index (χ1n) is 18.2. The summed E-state index contributed by atoms with van der Waals surface area (Å²) >= 11 is 0. The van der Waals surface area contributed by atoms with Gasteiger partial charge in [0.1, 0.15) is 11.6 Å². The van der Waals surface area contributed by atoms with Gasteiger partial charge in [-0.25, -0.2) is 28.2 Å². The van der Waals surface area contributed by atoms with Gasteiger partial charge >= 0.3 is 11.9 Å². The summed E-state index contributed by atoms with van der Waals surface area (Å²) in [7, 11) is 0. The van der Waals surface area contributed by atoms with E-state index in [1.54, 1.807) is 0 Å². The molecule has 3 aliphatic heterocycles. The molecule has 0 saturated carbocycles. The highest BCUT2D eigenvalue weighted by Crippen LogP contribution is 2.30. The van der Waals surface area contributed by atoms with Gasteiger partial charge in [-0.05, 0) is 97.1 Å². The topological polar surface area (TPSA) is 168 Å².